The molecule has 2 unspecified atom stereocenters. The normalized spacial score (nSPS) is 12.9. The van der Waals surface area contributed by atoms with Gasteiger partial charge in [0.1, 0.15) is 17.5 Å². The molecule has 0 amide bonds. The summed E-state index contributed by atoms with van der Waals surface area (Å²) in [4.78, 5) is 47.5. The van der Waals surface area contributed by atoms with E-state index >= 15 is 0 Å². The van der Waals surface area contributed by atoms with E-state index < -0.39 is 5.60 Å². The van der Waals surface area contributed by atoms with Crippen LogP contribution < -0.4 is 0 Å². The van der Waals surface area contributed by atoms with Crippen LogP contribution in [-0.4, -0.2) is 42.0 Å². The molecule has 7 heteroatoms. The lowest BCUT2D eigenvalue weighted by atomic mass is 9.92. The molecule has 214 valence electrons. The molecule has 0 fully saturated rings. The zero-order valence-corrected chi connectivity index (χ0v) is 24.3. The van der Waals surface area contributed by atoms with E-state index in [9.17, 15) is 19.2 Å². The van der Waals surface area contributed by atoms with Crippen LogP contribution in [0.3, 0.4) is 0 Å². The number of esters is 3. The number of hydrogen-bond acceptors (Lipinski definition) is 7. The molecule has 2 atom stereocenters. The molecule has 38 heavy (non-hydrogen) atoms. The van der Waals surface area contributed by atoms with Crippen LogP contribution in [0.1, 0.15) is 122 Å². The maximum Gasteiger partial charge on any atom is 0.338 e. The highest BCUT2D eigenvalue weighted by molar-refractivity contribution is 5.89. The van der Waals surface area contributed by atoms with Gasteiger partial charge in [-0.1, -0.05) is 18.6 Å². The zero-order chi connectivity index (χ0) is 28.6. The van der Waals surface area contributed by atoms with Crippen molar-refractivity contribution in [2.24, 2.45) is 5.92 Å². The number of unbranched alkanes of at least 4 members (excludes halogenated alkanes) is 2. The second kappa shape index (κ2) is 17.7. The van der Waals surface area contributed by atoms with Crippen molar-refractivity contribution in [2.45, 2.75) is 124 Å². The Balaban J connectivity index is 2.65. The predicted octanol–water partition coefficient (Wildman–Crippen LogP) is 6.79. The fourth-order valence-electron chi connectivity index (χ4n) is 4.35. The van der Waals surface area contributed by atoms with Crippen LogP contribution in [0.5, 0.6) is 0 Å². The van der Waals surface area contributed by atoms with Gasteiger partial charge in [0.15, 0.2) is 0 Å². The summed E-state index contributed by atoms with van der Waals surface area (Å²) in [5.41, 5.74) is 1.07. The first kappa shape index (κ1) is 33.3. The van der Waals surface area contributed by atoms with Crippen molar-refractivity contribution in [3.63, 3.8) is 0 Å². The molecule has 0 saturated carbocycles. The third-order valence-electron chi connectivity index (χ3n) is 6.19. The molecule has 0 aliphatic heterocycles. The third-order valence-corrected chi connectivity index (χ3v) is 6.19. The highest BCUT2D eigenvalue weighted by Gasteiger charge is 2.25. The topological polar surface area (TPSA) is 96.0 Å². The maximum absolute atomic E-state index is 12.9. The van der Waals surface area contributed by atoms with E-state index in [1.165, 1.54) is 6.92 Å². The van der Waals surface area contributed by atoms with E-state index in [4.69, 9.17) is 14.2 Å². The standard InChI is InChI=1S/C31H48O7/c1-7-36-29(34)27-21-19-25(20-22-27)14-11-15-26(30(35)38-31(4,5)6)16-12-18-28(37-24(3)33)17-10-8-9-13-23(2)32/h19-22,26,28H,7-18H2,1-6H3. The lowest BCUT2D eigenvalue weighted by Gasteiger charge is -2.24. The molecule has 7 nitrogen and oxygen atoms in total. The van der Waals surface area contributed by atoms with Crippen molar-refractivity contribution >= 4 is 23.7 Å². The molecule has 0 aliphatic carbocycles. The molecule has 0 aromatic heterocycles. The Morgan fingerprint density at radius 2 is 1.45 bits per heavy atom. The molecule has 1 rings (SSSR count). The predicted molar refractivity (Wildman–Crippen MR) is 148 cm³/mol. The van der Waals surface area contributed by atoms with Crippen LogP contribution in [-0.2, 0) is 35.0 Å². The largest absolute Gasteiger partial charge is 0.463 e. The molecule has 0 saturated heterocycles. The van der Waals surface area contributed by atoms with E-state index in [1.54, 1.807) is 26.0 Å². The Labute approximate surface area is 229 Å². The van der Waals surface area contributed by atoms with Gasteiger partial charge in [0.2, 0.25) is 0 Å². The quantitative estimate of drug-likeness (QED) is 0.117. The minimum absolute atomic E-state index is 0.179. The summed E-state index contributed by atoms with van der Waals surface area (Å²) in [5, 5.41) is 0. The van der Waals surface area contributed by atoms with E-state index in [-0.39, 0.29) is 35.7 Å². The van der Waals surface area contributed by atoms with Crippen LogP contribution in [0.2, 0.25) is 0 Å². The van der Waals surface area contributed by atoms with Gasteiger partial charge in [-0.3, -0.25) is 9.59 Å². The zero-order valence-electron chi connectivity index (χ0n) is 24.3. The van der Waals surface area contributed by atoms with Crippen LogP contribution in [0.25, 0.3) is 0 Å². The van der Waals surface area contributed by atoms with E-state index in [0.29, 0.717) is 37.9 Å². The smallest absolute Gasteiger partial charge is 0.338 e. The summed E-state index contributed by atoms with van der Waals surface area (Å²) in [5.74, 6) is -0.850. The molecule has 1 aromatic carbocycles. The Morgan fingerprint density at radius 1 is 0.816 bits per heavy atom. The third kappa shape index (κ3) is 15.5. The van der Waals surface area contributed by atoms with Gasteiger partial charge < -0.3 is 19.0 Å². The molecule has 0 heterocycles. The van der Waals surface area contributed by atoms with E-state index in [1.807, 2.05) is 32.9 Å². The van der Waals surface area contributed by atoms with Gasteiger partial charge in [-0.05, 0) is 110 Å². The number of carbonyl (C=O) groups excluding carboxylic acids is 4. The number of ether oxygens (including phenoxy) is 3. The highest BCUT2D eigenvalue weighted by atomic mass is 16.6. The summed E-state index contributed by atoms with van der Waals surface area (Å²) < 4.78 is 16.3. The minimum Gasteiger partial charge on any atom is -0.463 e. The molecule has 1 aromatic rings. The number of rotatable bonds is 18. The Bertz CT molecular complexity index is 867. The summed E-state index contributed by atoms with van der Waals surface area (Å²) >= 11 is 0. The number of hydrogen-bond donors (Lipinski definition) is 0. The van der Waals surface area contributed by atoms with Crippen LogP contribution >= 0.6 is 0 Å². The van der Waals surface area contributed by atoms with Gasteiger partial charge in [0, 0.05) is 13.3 Å². The molecule has 0 radical (unpaired) electrons. The molecule has 0 bridgehead atoms. The molecule has 0 spiro atoms. The second-order valence-corrected chi connectivity index (χ2v) is 11.0. The first-order chi connectivity index (χ1) is 17.9. The van der Waals surface area contributed by atoms with Crippen LogP contribution in [0.15, 0.2) is 24.3 Å². The van der Waals surface area contributed by atoms with Gasteiger partial charge in [-0.25, -0.2) is 4.79 Å². The van der Waals surface area contributed by atoms with Gasteiger partial charge in [-0.2, -0.15) is 0 Å². The summed E-state index contributed by atoms with van der Waals surface area (Å²) in [6.07, 6.45) is 8.26. The van der Waals surface area contributed by atoms with Gasteiger partial charge in [0.25, 0.3) is 0 Å². The van der Waals surface area contributed by atoms with Crippen molar-refractivity contribution < 1.29 is 33.4 Å². The number of Topliss-reactive ketones (excluding diaryl/α,β-unsaturated/α-hetero) is 1. The number of aryl methyl sites for hydroxylation is 1. The first-order valence-electron chi connectivity index (χ1n) is 14.1. The SMILES string of the molecule is CCOC(=O)c1ccc(CCCC(CCCC(CCCCCC(C)=O)OC(C)=O)C(=O)OC(C)(C)C)cc1. The van der Waals surface area contributed by atoms with Gasteiger partial charge in [-0.15, -0.1) is 0 Å². The van der Waals surface area contributed by atoms with Gasteiger partial charge in [0.05, 0.1) is 18.1 Å². The van der Waals surface area contributed by atoms with Crippen molar-refractivity contribution in [3.05, 3.63) is 35.4 Å². The van der Waals surface area contributed by atoms with Crippen LogP contribution in [0.4, 0.5) is 0 Å². The fraction of sp³-hybridized carbons (Fsp3) is 0.677. The first-order valence-corrected chi connectivity index (χ1v) is 14.1. The lowest BCUT2D eigenvalue weighted by molar-refractivity contribution is -0.161. The van der Waals surface area contributed by atoms with E-state index in [0.717, 1.165) is 50.5 Å². The highest BCUT2D eigenvalue weighted by Crippen LogP contribution is 2.24. The summed E-state index contributed by atoms with van der Waals surface area (Å²) in [6.45, 7) is 10.8. The average Bonchev–Trinajstić information content (AvgIpc) is 2.81. The molecular weight excluding hydrogens is 484 g/mol. The van der Waals surface area contributed by atoms with Crippen LogP contribution in [0, 0.1) is 5.92 Å². The average molecular weight is 533 g/mol. The summed E-state index contributed by atoms with van der Waals surface area (Å²) in [7, 11) is 0. The van der Waals surface area contributed by atoms with E-state index in [2.05, 4.69) is 0 Å². The number of ketones is 1. The monoisotopic (exact) mass is 532 g/mol. The van der Waals surface area contributed by atoms with Crippen molar-refractivity contribution in [3.8, 4) is 0 Å². The molecule has 0 aliphatic rings. The molecular formula is C31H48O7. The van der Waals surface area contributed by atoms with Crippen molar-refractivity contribution in [2.75, 3.05) is 6.61 Å². The number of carbonyl (C=O) groups is 4. The minimum atomic E-state index is -0.557. The Hall–Kier alpha value is -2.70. The van der Waals surface area contributed by atoms with Crippen molar-refractivity contribution in [1.29, 1.82) is 0 Å². The fourth-order valence-corrected chi connectivity index (χ4v) is 4.35. The number of benzene rings is 1. The maximum atomic E-state index is 12.9. The van der Waals surface area contributed by atoms with Crippen molar-refractivity contribution in [1.82, 2.24) is 0 Å². The molecule has 0 N–H and O–H groups in total. The lowest BCUT2D eigenvalue weighted by Crippen LogP contribution is -2.29. The second-order valence-electron chi connectivity index (χ2n) is 11.0. The summed E-state index contributed by atoms with van der Waals surface area (Å²) in [6, 6.07) is 7.39. The Morgan fingerprint density at radius 3 is 2.03 bits per heavy atom. The van der Waals surface area contributed by atoms with Gasteiger partial charge >= 0.3 is 17.9 Å². The Kier molecular flexibility index (Phi) is 15.6.